The molecule has 0 radical (unpaired) electrons. The van der Waals surface area contributed by atoms with Crippen molar-refractivity contribution in [3.05, 3.63) is 34.5 Å². The molecule has 0 spiro atoms. The number of ether oxygens (including phenoxy) is 1. The van der Waals surface area contributed by atoms with Gasteiger partial charge in [0.05, 0.1) is 0 Å². The van der Waals surface area contributed by atoms with Crippen LogP contribution in [0.25, 0.3) is 11.0 Å². The molecule has 0 aliphatic carbocycles. The van der Waals surface area contributed by atoms with Gasteiger partial charge < -0.3 is 14.5 Å². The Labute approximate surface area is 133 Å². The van der Waals surface area contributed by atoms with Crippen molar-refractivity contribution in [2.24, 2.45) is 0 Å². The monoisotopic (exact) mass is 323 g/mol. The second-order valence-corrected chi connectivity index (χ2v) is 5.41. The minimum absolute atomic E-state index is 0.0959. The maximum atomic E-state index is 12.0. The maximum Gasteiger partial charge on any atom is 0.375 e. The maximum absolute atomic E-state index is 12.0. The molecule has 5 nitrogen and oxygen atoms in total. The fourth-order valence-corrected chi connectivity index (χ4v) is 2.21. The molecule has 0 aliphatic heterocycles. The Morgan fingerprint density at radius 2 is 2.14 bits per heavy atom. The average molecular weight is 324 g/mol. The van der Waals surface area contributed by atoms with Gasteiger partial charge in [0.15, 0.2) is 6.61 Å². The lowest BCUT2D eigenvalue weighted by Gasteiger charge is -2.05. The van der Waals surface area contributed by atoms with Gasteiger partial charge >= 0.3 is 5.97 Å². The molecule has 0 atom stereocenters. The predicted octanol–water partition coefficient (Wildman–Crippen LogP) is 3.47. The van der Waals surface area contributed by atoms with Gasteiger partial charge in [-0.25, -0.2) is 4.79 Å². The zero-order chi connectivity index (χ0) is 16.1. The Hall–Kier alpha value is -2.01. The van der Waals surface area contributed by atoms with Gasteiger partial charge in [0.2, 0.25) is 5.76 Å². The summed E-state index contributed by atoms with van der Waals surface area (Å²) in [6.07, 6.45) is 1.88. The van der Waals surface area contributed by atoms with E-state index in [1.165, 1.54) is 0 Å². The molecule has 2 rings (SSSR count). The van der Waals surface area contributed by atoms with Crippen LogP contribution in [0.2, 0.25) is 5.02 Å². The van der Waals surface area contributed by atoms with Gasteiger partial charge in [0.25, 0.3) is 5.91 Å². The van der Waals surface area contributed by atoms with Crippen molar-refractivity contribution in [2.75, 3.05) is 13.2 Å². The van der Waals surface area contributed by atoms with Gasteiger partial charge in [-0.3, -0.25) is 4.79 Å². The van der Waals surface area contributed by atoms with Crippen molar-refractivity contribution in [1.82, 2.24) is 5.32 Å². The first-order valence-electron chi connectivity index (χ1n) is 7.15. The van der Waals surface area contributed by atoms with E-state index in [0.717, 1.165) is 18.2 Å². The number of rotatable bonds is 6. The van der Waals surface area contributed by atoms with Gasteiger partial charge in [-0.1, -0.05) is 24.9 Å². The lowest BCUT2D eigenvalue weighted by atomic mass is 10.1. The van der Waals surface area contributed by atoms with Crippen LogP contribution in [0.15, 0.2) is 22.6 Å². The molecular formula is C16H18ClNO4. The number of nitrogens with one attached hydrogen (secondary N) is 1. The Morgan fingerprint density at radius 3 is 2.86 bits per heavy atom. The summed E-state index contributed by atoms with van der Waals surface area (Å²) < 4.78 is 10.5. The summed E-state index contributed by atoms with van der Waals surface area (Å²) in [6, 6.07) is 5.10. The number of esters is 1. The highest BCUT2D eigenvalue weighted by Gasteiger charge is 2.20. The normalized spacial score (nSPS) is 10.7. The zero-order valence-electron chi connectivity index (χ0n) is 12.6. The Bertz CT molecular complexity index is 693. The fraction of sp³-hybridized carbons (Fsp3) is 0.375. The highest BCUT2D eigenvalue weighted by atomic mass is 35.5. The summed E-state index contributed by atoms with van der Waals surface area (Å²) in [5.74, 6) is -0.882. The van der Waals surface area contributed by atoms with Gasteiger partial charge in [-0.15, -0.1) is 0 Å². The molecule has 1 aromatic carbocycles. The molecule has 0 fully saturated rings. The second kappa shape index (κ2) is 7.31. The third kappa shape index (κ3) is 3.80. The summed E-state index contributed by atoms with van der Waals surface area (Å²) in [5, 5.41) is 3.99. The first-order valence-corrected chi connectivity index (χ1v) is 7.53. The number of unbranched alkanes of at least 4 members (excludes halogenated alkanes) is 1. The van der Waals surface area contributed by atoms with Crippen LogP contribution in [0.1, 0.15) is 35.9 Å². The molecule has 1 aromatic heterocycles. The van der Waals surface area contributed by atoms with Crippen LogP contribution in [0.4, 0.5) is 0 Å². The van der Waals surface area contributed by atoms with Crippen LogP contribution < -0.4 is 5.32 Å². The van der Waals surface area contributed by atoms with E-state index in [1.54, 1.807) is 25.1 Å². The van der Waals surface area contributed by atoms with E-state index in [4.69, 9.17) is 20.8 Å². The highest BCUT2D eigenvalue weighted by Crippen LogP contribution is 2.28. The van der Waals surface area contributed by atoms with Crippen LogP contribution in [0.5, 0.6) is 0 Å². The molecule has 0 saturated heterocycles. The molecule has 2 aromatic rings. The number of fused-ring (bicyclic) bond motifs is 1. The Balaban J connectivity index is 2.01. The number of benzene rings is 1. The SMILES string of the molecule is CCCCNC(=O)COC(=O)c1oc2ccc(Cl)cc2c1C. The van der Waals surface area contributed by atoms with E-state index in [0.29, 0.717) is 22.7 Å². The van der Waals surface area contributed by atoms with Crippen molar-refractivity contribution in [3.63, 3.8) is 0 Å². The van der Waals surface area contributed by atoms with E-state index >= 15 is 0 Å². The minimum Gasteiger partial charge on any atom is -0.450 e. The molecule has 0 aliphatic rings. The van der Waals surface area contributed by atoms with E-state index in [1.807, 2.05) is 6.92 Å². The number of halogens is 1. The Morgan fingerprint density at radius 1 is 1.36 bits per heavy atom. The number of hydrogen-bond acceptors (Lipinski definition) is 4. The van der Waals surface area contributed by atoms with Crippen LogP contribution in [-0.2, 0) is 9.53 Å². The van der Waals surface area contributed by atoms with Crippen LogP contribution in [-0.4, -0.2) is 25.0 Å². The van der Waals surface area contributed by atoms with Gasteiger partial charge in [0.1, 0.15) is 5.58 Å². The fourth-order valence-electron chi connectivity index (χ4n) is 2.04. The van der Waals surface area contributed by atoms with E-state index in [2.05, 4.69) is 5.32 Å². The molecule has 0 bridgehead atoms. The number of hydrogen-bond donors (Lipinski definition) is 1. The molecule has 1 amide bonds. The van der Waals surface area contributed by atoms with Crippen LogP contribution in [0.3, 0.4) is 0 Å². The first-order chi connectivity index (χ1) is 10.5. The summed E-state index contributed by atoms with van der Waals surface area (Å²) in [5.41, 5.74) is 1.20. The molecule has 118 valence electrons. The lowest BCUT2D eigenvalue weighted by molar-refractivity contribution is -0.124. The number of furan rings is 1. The van der Waals surface area contributed by atoms with Gasteiger partial charge in [0, 0.05) is 22.5 Å². The molecule has 22 heavy (non-hydrogen) atoms. The smallest absolute Gasteiger partial charge is 0.375 e. The van der Waals surface area contributed by atoms with Gasteiger partial charge in [-0.05, 0) is 31.5 Å². The Kier molecular flexibility index (Phi) is 5.44. The molecule has 0 saturated carbocycles. The lowest BCUT2D eigenvalue weighted by Crippen LogP contribution is -2.29. The van der Waals surface area contributed by atoms with E-state index < -0.39 is 5.97 Å². The topological polar surface area (TPSA) is 68.5 Å². The van der Waals surface area contributed by atoms with Crippen LogP contribution in [0, 0.1) is 6.92 Å². The van der Waals surface area contributed by atoms with Crippen molar-refractivity contribution in [2.45, 2.75) is 26.7 Å². The summed E-state index contributed by atoms with van der Waals surface area (Å²) in [6.45, 7) is 4.04. The number of carbonyl (C=O) groups excluding carboxylic acids is 2. The number of carbonyl (C=O) groups is 2. The zero-order valence-corrected chi connectivity index (χ0v) is 13.3. The van der Waals surface area contributed by atoms with E-state index in [9.17, 15) is 9.59 Å². The van der Waals surface area contributed by atoms with Gasteiger partial charge in [-0.2, -0.15) is 0 Å². The second-order valence-electron chi connectivity index (χ2n) is 4.98. The molecule has 1 N–H and O–H groups in total. The largest absolute Gasteiger partial charge is 0.450 e. The summed E-state index contributed by atoms with van der Waals surface area (Å²) in [7, 11) is 0. The summed E-state index contributed by atoms with van der Waals surface area (Å²) >= 11 is 5.93. The molecule has 0 unspecified atom stereocenters. The molecule has 1 heterocycles. The molecule has 6 heteroatoms. The van der Waals surface area contributed by atoms with Crippen LogP contribution >= 0.6 is 11.6 Å². The highest BCUT2D eigenvalue weighted by molar-refractivity contribution is 6.31. The van der Waals surface area contributed by atoms with Crippen molar-refractivity contribution in [1.29, 1.82) is 0 Å². The van der Waals surface area contributed by atoms with E-state index in [-0.39, 0.29) is 18.3 Å². The standard InChI is InChI=1S/C16H18ClNO4/c1-3-4-7-18-14(19)9-21-16(20)15-10(2)12-8-11(17)5-6-13(12)22-15/h5-6,8H,3-4,7,9H2,1-2H3,(H,18,19). The van der Waals surface area contributed by atoms with Crippen molar-refractivity contribution in [3.8, 4) is 0 Å². The average Bonchev–Trinajstić information content (AvgIpc) is 2.82. The number of amides is 1. The minimum atomic E-state index is -0.657. The third-order valence-electron chi connectivity index (χ3n) is 3.27. The molecular weight excluding hydrogens is 306 g/mol. The first kappa shape index (κ1) is 16.4. The number of aryl methyl sites for hydroxylation is 1. The van der Waals surface area contributed by atoms with Crippen molar-refractivity contribution < 1.29 is 18.7 Å². The quantitative estimate of drug-likeness (QED) is 0.653. The van der Waals surface area contributed by atoms with Crippen molar-refractivity contribution >= 4 is 34.4 Å². The summed E-state index contributed by atoms with van der Waals surface area (Å²) in [4.78, 5) is 23.5. The predicted molar refractivity (Wildman–Crippen MR) is 84.2 cm³/mol. The third-order valence-corrected chi connectivity index (χ3v) is 3.51.